The van der Waals surface area contributed by atoms with Crippen LogP contribution in [0.4, 0.5) is 4.79 Å². The van der Waals surface area contributed by atoms with Gasteiger partial charge in [0.15, 0.2) is 0 Å². The third kappa shape index (κ3) is 5.73. The van der Waals surface area contributed by atoms with Gasteiger partial charge in [0.25, 0.3) is 0 Å². The zero-order valence-corrected chi connectivity index (χ0v) is 15.0. The Morgan fingerprint density at radius 3 is 2.68 bits per heavy atom. The number of amides is 1. The van der Waals surface area contributed by atoms with Crippen molar-refractivity contribution < 1.29 is 9.53 Å². The van der Waals surface area contributed by atoms with E-state index in [1.807, 2.05) is 61.7 Å². The van der Waals surface area contributed by atoms with Gasteiger partial charge < -0.3 is 9.64 Å². The van der Waals surface area contributed by atoms with E-state index >= 15 is 0 Å². The van der Waals surface area contributed by atoms with Crippen LogP contribution < -0.4 is 0 Å². The third-order valence-corrected chi connectivity index (χ3v) is 4.97. The van der Waals surface area contributed by atoms with Crippen molar-refractivity contribution in [2.24, 2.45) is 5.92 Å². The highest BCUT2D eigenvalue weighted by atomic mass is 35.5. The quantitative estimate of drug-likeness (QED) is 0.718. The van der Waals surface area contributed by atoms with Crippen LogP contribution in [0.25, 0.3) is 0 Å². The number of thioether (sulfide) groups is 1. The lowest BCUT2D eigenvalue weighted by atomic mass is 10.0. The SMILES string of the molecule is CC(C)(C)OC(=O)N1CCC[C@@H](CSc2ccc(Cl)cc2)C1. The van der Waals surface area contributed by atoms with Crippen molar-refractivity contribution in [3.63, 3.8) is 0 Å². The molecule has 22 heavy (non-hydrogen) atoms. The van der Waals surface area contributed by atoms with Gasteiger partial charge in [0.2, 0.25) is 0 Å². The molecule has 0 radical (unpaired) electrons. The summed E-state index contributed by atoms with van der Waals surface area (Å²) in [5.74, 6) is 1.53. The van der Waals surface area contributed by atoms with E-state index in [1.165, 1.54) is 11.3 Å². The fourth-order valence-corrected chi connectivity index (χ4v) is 3.59. The van der Waals surface area contributed by atoms with E-state index in [1.54, 1.807) is 0 Å². The number of carbonyl (C=O) groups excluding carboxylic acids is 1. The number of halogens is 1. The number of hydrogen-bond donors (Lipinski definition) is 0. The molecular formula is C17H24ClNO2S. The molecule has 0 unspecified atom stereocenters. The average Bonchev–Trinajstić information content (AvgIpc) is 2.45. The second-order valence-corrected chi connectivity index (χ2v) is 8.23. The highest BCUT2D eigenvalue weighted by Gasteiger charge is 2.27. The van der Waals surface area contributed by atoms with E-state index in [-0.39, 0.29) is 6.09 Å². The molecule has 1 aliphatic rings. The Morgan fingerprint density at radius 2 is 2.05 bits per heavy atom. The van der Waals surface area contributed by atoms with Gasteiger partial charge in [-0.3, -0.25) is 0 Å². The van der Waals surface area contributed by atoms with E-state index in [2.05, 4.69) is 0 Å². The van der Waals surface area contributed by atoms with Crippen LogP contribution in [-0.4, -0.2) is 35.4 Å². The van der Waals surface area contributed by atoms with E-state index < -0.39 is 5.60 Å². The number of ether oxygens (including phenoxy) is 1. The molecule has 0 aromatic heterocycles. The van der Waals surface area contributed by atoms with Crippen LogP contribution in [0.2, 0.25) is 5.02 Å². The summed E-state index contributed by atoms with van der Waals surface area (Å²) in [6.45, 7) is 7.31. The lowest BCUT2D eigenvalue weighted by Gasteiger charge is -2.34. The van der Waals surface area contributed by atoms with Crippen molar-refractivity contribution in [1.82, 2.24) is 4.90 Å². The summed E-state index contributed by atoms with van der Waals surface area (Å²) >= 11 is 7.73. The number of carbonyl (C=O) groups is 1. The Bertz CT molecular complexity index is 498. The normalized spacial score (nSPS) is 19.1. The second-order valence-electron chi connectivity index (χ2n) is 6.70. The molecule has 2 rings (SSSR count). The Labute approximate surface area is 142 Å². The summed E-state index contributed by atoms with van der Waals surface area (Å²) in [5.41, 5.74) is -0.428. The van der Waals surface area contributed by atoms with Crippen molar-refractivity contribution in [1.29, 1.82) is 0 Å². The minimum absolute atomic E-state index is 0.186. The summed E-state index contributed by atoms with van der Waals surface area (Å²) in [7, 11) is 0. The van der Waals surface area contributed by atoms with Gasteiger partial charge in [-0.15, -0.1) is 11.8 Å². The summed E-state index contributed by atoms with van der Waals surface area (Å²) in [5, 5.41) is 0.762. The van der Waals surface area contributed by atoms with E-state index in [0.29, 0.717) is 5.92 Å². The molecule has 1 aromatic carbocycles. The summed E-state index contributed by atoms with van der Waals surface area (Å²) in [4.78, 5) is 15.2. The lowest BCUT2D eigenvalue weighted by Crippen LogP contribution is -2.43. The van der Waals surface area contributed by atoms with Crippen LogP contribution in [0.1, 0.15) is 33.6 Å². The zero-order valence-electron chi connectivity index (χ0n) is 13.5. The number of hydrogen-bond acceptors (Lipinski definition) is 3. The Balaban J connectivity index is 1.82. The standard InChI is InChI=1S/C17H24ClNO2S/c1-17(2,3)21-16(20)19-10-4-5-13(11-19)12-22-15-8-6-14(18)7-9-15/h6-9,13H,4-5,10-12H2,1-3H3/t13-/m1/s1. The van der Waals surface area contributed by atoms with Crippen LogP contribution in [0.15, 0.2) is 29.2 Å². The number of piperidine rings is 1. The van der Waals surface area contributed by atoms with E-state index in [9.17, 15) is 4.79 Å². The molecule has 0 saturated carbocycles. The van der Waals surface area contributed by atoms with Crippen LogP contribution in [-0.2, 0) is 4.74 Å². The number of nitrogens with zero attached hydrogens (tertiary/aromatic N) is 1. The minimum atomic E-state index is -0.428. The molecular weight excluding hydrogens is 318 g/mol. The first kappa shape index (κ1) is 17.5. The summed E-state index contributed by atoms with van der Waals surface area (Å²) in [6.07, 6.45) is 2.03. The molecule has 3 nitrogen and oxygen atoms in total. The molecule has 1 saturated heterocycles. The van der Waals surface area contributed by atoms with Gasteiger partial charge in [0, 0.05) is 28.8 Å². The lowest BCUT2D eigenvalue weighted by molar-refractivity contribution is 0.0177. The van der Waals surface area contributed by atoms with Gasteiger partial charge in [-0.25, -0.2) is 4.79 Å². The zero-order chi connectivity index (χ0) is 16.2. The van der Waals surface area contributed by atoms with Crippen molar-refractivity contribution in [3.05, 3.63) is 29.3 Å². The smallest absolute Gasteiger partial charge is 0.410 e. The van der Waals surface area contributed by atoms with Gasteiger partial charge in [-0.05, 0) is 63.8 Å². The maximum atomic E-state index is 12.2. The van der Waals surface area contributed by atoms with Gasteiger partial charge >= 0.3 is 6.09 Å². The number of rotatable bonds is 3. The second kappa shape index (κ2) is 7.60. The highest BCUT2D eigenvalue weighted by molar-refractivity contribution is 7.99. The van der Waals surface area contributed by atoms with Crippen molar-refractivity contribution in [2.75, 3.05) is 18.8 Å². The topological polar surface area (TPSA) is 29.5 Å². The maximum Gasteiger partial charge on any atom is 0.410 e. The average molecular weight is 342 g/mol. The van der Waals surface area contributed by atoms with Crippen LogP contribution >= 0.6 is 23.4 Å². The number of likely N-dealkylation sites (tertiary alicyclic amines) is 1. The van der Waals surface area contributed by atoms with Gasteiger partial charge in [-0.2, -0.15) is 0 Å². The monoisotopic (exact) mass is 341 g/mol. The number of benzene rings is 1. The Morgan fingerprint density at radius 1 is 1.36 bits per heavy atom. The molecule has 1 amide bonds. The Kier molecular flexibility index (Phi) is 6.04. The molecule has 0 aliphatic carbocycles. The first-order valence-electron chi connectivity index (χ1n) is 7.70. The van der Waals surface area contributed by atoms with Crippen LogP contribution in [0, 0.1) is 5.92 Å². The highest BCUT2D eigenvalue weighted by Crippen LogP contribution is 2.27. The predicted molar refractivity (Wildman–Crippen MR) is 92.7 cm³/mol. The maximum absolute atomic E-state index is 12.2. The van der Waals surface area contributed by atoms with Crippen molar-refractivity contribution in [3.8, 4) is 0 Å². The van der Waals surface area contributed by atoms with Gasteiger partial charge in [-0.1, -0.05) is 11.6 Å². The molecule has 1 heterocycles. The fourth-order valence-electron chi connectivity index (χ4n) is 2.44. The molecule has 1 fully saturated rings. The minimum Gasteiger partial charge on any atom is -0.444 e. The van der Waals surface area contributed by atoms with Crippen molar-refractivity contribution in [2.45, 2.75) is 44.1 Å². The summed E-state index contributed by atoms with van der Waals surface area (Å²) in [6, 6.07) is 7.92. The molecule has 5 heteroatoms. The Hall–Kier alpha value is -0.870. The largest absolute Gasteiger partial charge is 0.444 e. The van der Waals surface area contributed by atoms with Crippen molar-refractivity contribution >= 4 is 29.5 Å². The van der Waals surface area contributed by atoms with E-state index in [0.717, 1.165) is 30.3 Å². The third-order valence-electron chi connectivity index (χ3n) is 3.47. The predicted octanol–water partition coefficient (Wildman–Crippen LogP) is 5.08. The molecule has 122 valence electrons. The summed E-state index contributed by atoms with van der Waals surface area (Å²) < 4.78 is 5.47. The first-order chi connectivity index (χ1) is 10.3. The molecule has 0 N–H and O–H groups in total. The van der Waals surface area contributed by atoms with Gasteiger partial charge in [0.05, 0.1) is 0 Å². The van der Waals surface area contributed by atoms with Crippen LogP contribution in [0.3, 0.4) is 0 Å². The molecule has 1 aliphatic heterocycles. The molecule has 0 spiro atoms. The van der Waals surface area contributed by atoms with E-state index in [4.69, 9.17) is 16.3 Å². The fraction of sp³-hybridized carbons (Fsp3) is 0.588. The molecule has 1 aromatic rings. The first-order valence-corrected chi connectivity index (χ1v) is 9.06. The van der Waals surface area contributed by atoms with Crippen LogP contribution in [0.5, 0.6) is 0 Å². The molecule has 0 bridgehead atoms. The molecule has 1 atom stereocenters. The van der Waals surface area contributed by atoms with Gasteiger partial charge in [0.1, 0.15) is 5.60 Å².